The van der Waals surface area contributed by atoms with E-state index in [9.17, 15) is 14.4 Å². The van der Waals surface area contributed by atoms with Gasteiger partial charge in [0.25, 0.3) is 0 Å². The molecule has 0 saturated heterocycles. The Bertz CT molecular complexity index is 275. The van der Waals surface area contributed by atoms with Crippen LogP contribution in [-0.4, -0.2) is 40.6 Å². The molecule has 0 aromatic carbocycles. The molecule has 6 nitrogen and oxygen atoms in total. The maximum absolute atomic E-state index is 10.8. The van der Waals surface area contributed by atoms with Gasteiger partial charge in [-0.1, -0.05) is 6.58 Å². The first kappa shape index (κ1) is 17.4. The SMILES string of the molecule is C=CC(=O)C(O)COC(=O)CCC(=O)O.[Ti]. The first-order chi connectivity index (χ1) is 6.97. The molecule has 0 amide bonds. The molecule has 0 aromatic rings. The van der Waals surface area contributed by atoms with E-state index in [0.29, 0.717) is 0 Å². The molecule has 0 rings (SSSR count). The number of carboxylic acid groups (broad SMARTS) is 1. The van der Waals surface area contributed by atoms with Crippen molar-refractivity contribution >= 4 is 17.7 Å². The Morgan fingerprint density at radius 1 is 1.31 bits per heavy atom. The number of ether oxygens (including phenoxy) is 1. The topological polar surface area (TPSA) is 101 Å². The van der Waals surface area contributed by atoms with E-state index in [4.69, 9.17) is 10.2 Å². The summed E-state index contributed by atoms with van der Waals surface area (Å²) in [6, 6.07) is 0. The summed E-state index contributed by atoms with van der Waals surface area (Å²) in [7, 11) is 0. The quantitative estimate of drug-likeness (QED) is 0.365. The molecule has 1 atom stereocenters. The van der Waals surface area contributed by atoms with E-state index in [1.807, 2.05) is 0 Å². The molecular formula is C9H12O6Ti. The van der Waals surface area contributed by atoms with Gasteiger partial charge in [-0.2, -0.15) is 0 Å². The Morgan fingerprint density at radius 2 is 1.88 bits per heavy atom. The van der Waals surface area contributed by atoms with Crippen LogP contribution in [-0.2, 0) is 40.8 Å². The smallest absolute Gasteiger partial charge is 0.306 e. The maximum atomic E-state index is 10.8. The van der Waals surface area contributed by atoms with Crippen molar-refractivity contribution in [2.24, 2.45) is 0 Å². The summed E-state index contributed by atoms with van der Waals surface area (Å²) in [5, 5.41) is 17.3. The van der Waals surface area contributed by atoms with Crippen LogP contribution in [0.3, 0.4) is 0 Å². The number of ketones is 1. The molecule has 0 aliphatic carbocycles. The van der Waals surface area contributed by atoms with Gasteiger partial charge >= 0.3 is 11.9 Å². The number of aliphatic hydroxyl groups is 1. The van der Waals surface area contributed by atoms with Gasteiger partial charge in [0.15, 0.2) is 11.9 Å². The van der Waals surface area contributed by atoms with E-state index in [1.54, 1.807) is 0 Å². The average Bonchev–Trinajstić information content (AvgIpc) is 2.21. The third-order valence-corrected chi connectivity index (χ3v) is 1.47. The molecule has 16 heavy (non-hydrogen) atoms. The molecule has 0 saturated carbocycles. The zero-order valence-electron chi connectivity index (χ0n) is 8.51. The molecular weight excluding hydrogens is 252 g/mol. The number of rotatable bonds is 7. The van der Waals surface area contributed by atoms with Crippen LogP contribution in [0.1, 0.15) is 12.8 Å². The van der Waals surface area contributed by atoms with Gasteiger partial charge in [-0.15, -0.1) is 0 Å². The van der Waals surface area contributed by atoms with Crippen molar-refractivity contribution < 1.29 is 51.1 Å². The molecule has 0 fully saturated rings. The molecule has 0 aliphatic rings. The summed E-state index contributed by atoms with van der Waals surface area (Å²) in [4.78, 5) is 31.6. The fraction of sp³-hybridized carbons (Fsp3) is 0.444. The Balaban J connectivity index is 0. The van der Waals surface area contributed by atoms with Gasteiger partial charge in [-0.25, -0.2) is 0 Å². The minimum atomic E-state index is -1.43. The summed E-state index contributed by atoms with van der Waals surface area (Å²) in [5.74, 6) is -2.54. The van der Waals surface area contributed by atoms with Gasteiger partial charge in [0.1, 0.15) is 6.61 Å². The number of hydrogen-bond acceptors (Lipinski definition) is 5. The number of carboxylic acids is 1. The van der Waals surface area contributed by atoms with E-state index < -0.39 is 30.4 Å². The van der Waals surface area contributed by atoms with Crippen LogP contribution in [0.4, 0.5) is 0 Å². The van der Waals surface area contributed by atoms with E-state index in [1.165, 1.54) is 0 Å². The van der Waals surface area contributed by atoms with Crippen molar-refractivity contribution in [1.29, 1.82) is 0 Å². The van der Waals surface area contributed by atoms with Gasteiger partial charge < -0.3 is 14.9 Å². The predicted molar refractivity (Wildman–Crippen MR) is 49.0 cm³/mol. The monoisotopic (exact) mass is 264 g/mol. The summed E-state index contributed by atoms with van der Waals surface area (Å²) in [5.41, 5.74) is 0. The number of aliphatic hydroxyl groups excluding tert-OH is 1. The van der Waals surface area contributed by atoms with Crippen LogP contribution >= 0.6 is 0 Å². The Labute approximate surface area is 107 Å². The summed E-state index contributed by atoms with van der Waals surface area (Å²) in [6.45, 7) is 2.66. The van der Waals surface area contributed by atoms with Crippen molar-refractivity contribution in [2.75, 3.05) is 6.61 Å². The third kappa shape index (κ3) is 8.34. The van der Waals surface area contributed by atoms with E-state index in [-0.39, 0.29) is 34.6 Å². The van der Waals surface area contributed by atoms with Crippen molar-refractivity contribution in [3.05, 3.63) is 12.7 Å². The van der Waals surface area contributed by atoms with Crippen molar-refractivity contribution in [3.63, 3.8) is 0 Å². The third-order valence-electron chi connectivity index (χ3n) is 1.47. The first-order valence-corrected chi connectivity index (χ1v) is 4.19. The fourth-order valence-corrected chi connectivity index (χ4v) is 0.671. The van der Waals surface area contributed by atoms with Crippen LogP contribution in [0.2, 0.25) is 0 Å². The Morgan fingerprint density at radius 3 is 2.31 bits per heavy atom. The maximum Gasteiger partial charge on any atom is 0.306 e. The van der Waals surface area contributed by atoms with E-state index >= 15 is 0 Å². The molecule has 7 heteroatoms. The molecule has 1 unspecified atom stereocenters. The van der Waals surface area contributed by atoms with Gasteiger partial charge in [0.05, 0.1) is 12.8 Å². The second-order valence-electron chi connectivity index (χ2n) is 2.70. The molecule has 0 aliphatic heterocycles. The number of carbonyl (C=O) groups excluding carboxylic acids is 2. The van der Waals surface area contributed by atoms with Gasteiger partial charge in [-0.3, -0.25) is 14.4 Å². The zero-order chi connectivity index (χ0) is 11.8. The first-order valence-electron chi connectivity index (χ1n) is 4.19. The second kappa shape index (κ2) is 9.26. The summed E-state index contributed by atoms with van der Waals surface area (Å²) in [6.07, 6.45) is -1.15. The minimum Gasteiger partial charge on any atom is -0.481 e. The van der Waals surface area contributed by atoms with Gasteiger partial charge in [0, 0.05) is 21.7 Å². The molecule has 2 N–H and O–H groups in total. The normalized spacial score (nSPS) is 10.8. The summed E-state index contributed by atoms with van der Waals surface area (Å²) < 4.78 is 4.46. The molecule has 0 spiro atoms. The van der Waals surface area contributed by atoms with Crippen molar-refractivity contribution in [1.82, 2.24) is 0 Å². The fourth-order valence-electron chi connectivity index (χ4n) is 0.671. The number of hydrogen-bond donors (Lipinski definition) is 2. The molecule has 0 aromatic heterocycles. The Kier molecular flexibility index (Phi) is 10.1. The molecule has 0 heterocycles. The van der Waals surface area contributed by atoms with E-state index in [2.05, 4.69) is 11.3 Å². The number of esters is 1. The van der Waals surface area contributed by atoms with Gasteiger partial charge in [-0.05, 0) is 6.08 Å². The van der Waals surface area contributed by atoms with Crippen molar-refractivity contribution in [2.45, 2.75) is 18.9 Å². The van der Waals surface area contributed by atoms with Crippen molar-refractivity contribution in [3.8, 4) is 0 Å². The number of carbonyl (C=O) groups is 3. The van der Waals surface area contributed by atoms with Crippen LogP contribution in [0.5, 0.6) is 0 Å². The predicted octanol–water partition coefficient (Wildman–Crippen LogP) is -0.492. The van der Waals surface area contributed by atoms with E-state index in [0.717, 1.165) is 6.08 Å². The standard InChI is InChI=1S/C9H12O6.Ti/c1-2-6(10)7(11)5-15-9(14)4-3-8(12)13;/h2,7,11H,1,3-5H2,(H,12,13);. The summed E-state index contributed by atoms with van der Waals surface area (Å²) >= 11 is 0. The average molecular weight is 264 g/mol. The second-order valence-corrected chi connectivity index (χ2v) is 2.70. The van der Waals surface area contributed by atoms with Crippen LogP contribution in [0.25, 0.3) is 0 Å². The molecule has 88 valence electrons. The Hall–Kier alpha value is -0.976. The number of aliphatic carboxylic acids is 1. The van der Waals surface area contributed by atoms with Crippen LogP contribution in [0, 0.1) is 0 Å². The van der Waals surface area contributed by atoms with Crippen LogP contribution in [0.15, 0.2) is 12.7 Å². The van der Waals surface area contributed by atoms with Crippen LogP contribution < -0.4 is 0 Å². The minimum absolute atomic E-state index is 0. The largest absolute Gasteiger partial charge is 0.481 e. The van der Waals surface area contributed by atoms with Gasteiger partial charge in [0.2, 0.25) is 0 Å². The molecule has 0 bridgehead atoms. The molecule has 0 radical (unpaired) electrons. The zero-order valence-corrected chi connectivity index (χ0v) is 10.1.